The molecule has 3 aromatic rings. The normalized spacial score (nSPS) is 37.1. The van der Waals surface area contributed by atoms with Gasteiger partial charge >= 0.3 is 0 Å². The Labute approximate surface area is 287 Å². The fourth-order valence-corrected chi connectivity index (χ4v) is 5.96. The Kier molecular flexibility index (Phi) is 10.5. The predicted molar refractivity (Wildman–Crippen MR) is 165 cm³/mol. The zero-order chi connectivity index (χ0) is 36.9. The summed E-state index contributed by atoms with van der Waals surface area (Å²) in [6, 6.07) is 7.35. The number of aliphatic hydroxyl groups excluding tert-OH is 8. The minimum absolute atomic E-state index is 0.125. The third-order valence-corrected chi connectivity index (χ3v) is 9.03. The average molecular weight is 727 g/mol. The van der Waals surface area contributed by atoms with Crippen LogP contribution in [0, 0.1) is 0 Å². The molecule has 51 heavy (non-hydrogen) atoms. The second-order valence-corrected chi connectivity index (χ2v) is 12.6. The van der Waals surface area contributed by atoms with Crippen LogP contribution in [0.4, 0.5) is 0 Å². The summed E-state index contributed by atoms with van der Waals surface area (Å²) in [7, 11) is 0. The number of rotatable bonds is 9. The molecule has 280 valence electrons. The van der Waals surface area contributed by atoms with Crippen LogP contribution in [0.5, 0.6) is 23.0 Å². The van der Waals surface area contributed by atoms with Gasteiger partial charge in [0, 0.05) is 17.7 Å². The average Bonchev–Trinajstić information content (AvgIpc) is 3.39. The second kappa shape index (κ2) is 14.4. The molecule has 13 unspecified atom stereocenters. The Bertz CT molecular complexity index is 1750. The topological polar surface area (TPSA) is 308 Å². The maximum atomic E-state index is 14.1. The van der Waals surface area contributed by atoms with Gasteiger partial charge in [-0.1, -0.05) is 0 Å². The van der Waals surface area contributed by atoms with Crippen LogP contribution >= 0.6 is 0 Å². The third kappa shape index (κ3) is 6.84. The van der Waals surface area contributed by atoms with Crippen LogP contribution in [-0.2, 0) is 18.9 Å². The highest BCUT2D eigenvalue weighted by Crippen LogP contribution is 2.39. The van der Waals surface area contributed by atoms with E-state index in [2.05, 4.69) is 0 Å². The van der Waals surface area contributed by atoms with Crippen molar-refractivity contribution < 1.29 is 89.0 Å². The maximum Gasteiger partial charge on any atom is 0.239 e. The molecule has 6 rings (SSSR count). The summed E-state index contributed by atoms with van der Waals surface area (Å²) in [6.45, 7) is -0.906. The van der Waals surface area contributed by atoms with Crippen LogP contribution in [0.25, 0.3) is 22.3 Å². The summed E-state index contributed by atoms with van der Waals surface area (Å²) >= 11 is 0. The molecule has 0 saturated carbocycles. The molecule has 19 heteroatoms. The van der Waals surface area contributed by atoms with Crippen LogP contribution < -0.4 is 14.9 Å². The van der Waals surface area contributed by atoms with E-state index < -0.39 is 122 Å². The molecule has 3 aliphatic rings. The Hall–Kier alpha value is -3.67. The van der Waals surface area contributed by atoms with E-state index in [0.717, 1.165) is 12.1 Å². The zero-order valence-electron chi connectivity index (χ0n) is 26.7. The fraction of sp³-hybridized carbons (Fsp3) is 0.531. The number of phenols is 2. The van der Waals surface area contributed by atoms with Gasteiger partial charge in [-0.15, -0.1) is 0 Å². The lowest BCUT2D eigenvalue weighted by Gasteiger charge is -2.42. The molecule has 3 aliphatic heterocycles. The predicted octanol–water partition coefficient (Wildman–Crippen LogP) is -3.28. The maximum absolute atomic E-state index is 14.1. The first kappa shape index (κ1) is 37.1. The number of aromatic hydroxyl groups is 2. The van der Waals surface area contributed by atoms with Crippen molar-refractivity contribution in [1.29, 1.82) is 0 Å². The number of aliphatic hydroxyl groups is 9. The van der Waals surface area contributed by atoms with Crippen LogP contribution in [0.15, 0.2) is 45.6 Å². The molecule has 1 aromatic heterocycles. The summed E-state index contributed by atoms with van der Waals surface area (Å²) in [4.78, 5) is 14.1. The molecule has 0 amide bonds. The third-order valence-electron chi connectivity index (χ3n) is 9.03. The van der Waals surface area contributed by atoms with Crippen molar-refractivity contribution >= 4 is 11.0 Å². The summed E-state index contributed by atoms with van der Waals surface area (Å²) in [5.41, 5.74) is -3.34. The Morgan fingerprint density at radius 1 is 0.843 bits per heavy atom. The fourth-order valence-electron chi connectivity index (χ4n) is 5.96. The molecule has 0 radical (unpaired) electrons. The molecular formula is C32H38O19. The van der Waals surface area contributed by atoms with Gasteiger partial charge in [-0.2, -0.15) is 0 Å². The first-order chi connectivity index (χ1) is 24.2. The monoisotopic (exact) mass is 726 g/mol. The first-order valence-electron chi connectivity index (χ1n) is 15.7. The molecule has 13 atom stereocenters. The molecule has 19 nitrogen and oxygen atoms in total. The van der Waals surface area contributed by atoms with Gasteiger partial charge in [0.1, 0.15) is 76.5 Å². The highest BCUT2D eigenvalue weighted by Gasteiger charge is 2.54. The lowest BCUT2D eigenvalue weighted by molar-refractivity contribution is -0.319. The van der Waals surface area contributed by atoms with Gasteiger partial charge in [-0.05, 0) is 31.2 Å². The number of phenolic OH excluding ortho intramolecular Hbond substituents is 2. The van der Waals surface area contributed by atoms with E-state index in [1.807, 2.05) is 0 Å². The summed E-state index contributed by atoms with van der Waals surface area (Å²) in [6.07, 6.45) is -19.7. The highest BCUT2D eigenvalue weighted by atomic mass is 16.8. The van der Waals surface area contributed by atoms with Crippen LogP contribution in [0.3, 0.4) is 0 Å². The van der Waals surface area contributed by atoms with E-state index in [4.69, 9.17) is 32.8 Å². The number of benzene rings is 2. The van der Waals surface area contributed by atoms with Crippen molar-refractivity contribution in [3.05, 3.63) is 46.6 Å². The van der Waals surface area contributed by atoms with Crippen LogP contribution in [0.1, 0.15) is 6.92 Å². The smallest absolute Gasteiger partial charge is 0.239 e. The van der Waals surface area contributed by atoms with Gasteiger partial charge in [0.05, 0.1) is 25.9 Å². The zero-order valence-corrected chi connectivity index (χ0v) is 26.7. The Morgan fingerprint density at radius 3 is 2.20 bits per heavy atom. The minimum Gasteiger partial charge on any atom is -0.508 e. The quantitative estimate of drug-likeness (QED) is 0.103. The molecule has 3 fully saturated rings. The van der Waals surface area contributed by atoms with Crippen molar-refractivity contribution in [2.75, 3.05) is 19.8 Å². The van der Waals surface area contributed by atoms with Crippen molar-refractivity contribution in [2.45, 2.75) is 86.3 Å². The molecular weight excluding hydrogens is 688 g/mol. The lowest BCUT2D eigenvalue weighted by Crippen LogP contribution is -2.62. The Balaban J connectivity index is 1.41. The van der Waals surface area contributed by atoms with E-state index >= 15 is 0 Å². The highest BCUT2D eigenvalue weighted by molar-refractivity contribution is 5.88. The molecule has 4 heterocycles. The van der Waals surface area contributed by atoms with E-state index in [1.54, 1.807) is 0 Å². The lowest BCUT2D eigenvalue weighted by atomic mass is 9.98. The van der Waals surface area contributed by atoms with E-state index in [0.29, 0.717) is 0 Å². The molecule has 2 aromatic carbocycles. The van der Waals surface area contributed by atoms with E-state index in [-0.39, 0.29) is 28.4 Å². The number of hydrogen-bond acceptors (Lipinski definition) is 19. The van der Waals surface area contributed by atoms with Gasteiger partial charge < -0.3 is 89.0 Å². The summed E-state index contributed by atoms with van der Waals surface area (Å²) in [5, 5.41) is 113. The molecule has 3 saturated heterocycles. The van der Waals surface area contributed by atoms with Crippen molar-refractivity contribution in [3.63, 3.8) is 0 Å². The van der Waals surface area contributed by atoms with Crippen molar-refractivity contribution in [1.82, 2.24) is 0 Å². The van der Waals surface area contributed by atoms with Gasteiger partial charge in [-0.3, -0.25) is 4.79 Å². The SMILES string of the molecule is CC1OC(Oc2cc(O)c3c(=O)c(OC4OC(CO)C(O)C(O)C4OC4OCC(O)(CO)C4O)c(-c4ccc(O)cc4)oc3c2)C(O)C(O)C1O. The van der Waals surface area contributed by atoms with Gasteiger partial charge in [0.2, 0.25) is 23.8 Å². The van der Waals surface area contributed by atoms with Gasteiger partial charge in [0.15, 0.2) is 18.2 Å². The molecule has 11 N–H and O–H groups in total. The largest absolute Gasteiger partial charge is 0.508 e. The van der Waals surface area contributed by atoms with Crippen LogP contribution in [0.2, 0.25) is 0 Å². The number of hydrogen-bond donors (Lipinski definition) is 11. The second-order valence-electron chi connectivity index (χ2n) is 12.6. The molecule has 0 bridgehead atoms. The van der Waals surface area contributed by atoms with Crippen LogP contribution in [-0.4, -0.2) is 155 Å². The van der Waals surface area contributed by atoms with E-state index in [9.17, 15) is 61.0 Å². The molecule has 0 spiro atoms. The van der Waals surface area contributed by atoms with Crippen molar-refractivity contribution in [2.24, 2.45) is 0 Å². The Morgan fingerprint density at radius 2 is 1.55 bits per heavy atom. The standard InChI is InChI=1S/C32H38O19/c1-11-19(37)22(40)24(42)29(46-11)47-14-6-15(36)18-16(7-14)48-25(12-2-4-13(35)5-3-12)26(21(18)39)50-30-27(23(41)20(38)17(8-33)49-30)51-31-28(43)32(44,9-34)10-45-31/h2-7,11,17,19-20,22-24,27-31,33-38,40-44H,8-10H2,1H3. The van der Waals surface area contributed by atoms with Crippen molar-refractivity contribution in [3.8, 4) is 34.3 Å². The van der Waals surface area contributed by atoms with Gasteiger partial charge in [-0.25, -0.2) is 0 Å². The first-order valence-corrected chi connectivity index (χ1v) is 15.7. The summed E-state index contributed by atoms with van der Waals surface area (Å²) < 4.78 is 39.7. The number of ether oxygens (including phenoxy) is 6. The minimum atomic E-state index is -2.14. The molecule has 0 aliphatic carbocycles. The summed E-state index contributed by atoms with van der Waals surface area (Å²) in [5.74, 6) is -2.06. The number of fused-ring (bicyclic) bond motifs is 1. The van der Waals surface area contributed by atoms with Gasteiger partial charge in [0.25, 0.3) is 0 Å². The van der Waals surface area contributed by atoms with E-state index in [1.165, 1.54) is 31.2 Å².